The number of nitrogens with zero attached hydrogens (tertiary/aromatic N) is 1. The van der Waals surface area contributed by atoms with E-state index in [9.17, 15) is 14.9 Å². The van der Waals surface area contributed by atoms with Crippen molar-refractivity contribution in [1.82, 2.24) is 0 Å². The van der Waals surface area contributed by atoms with Crippen LogP contribution in [0.4, 0.5) is 11.4 Å². The summed E-state index contributed by atoms with van der Waals surface area (Å²) >= 11 is 0. The molecule has 23 heavy (non-hydrogen) atoms. The van der Waals surface area contributed by atoms with Crippen LogP contribution in [0, 0.1) is 10.1 Å². The van der Waals surface area contributed by atoms with Gasteiger partial charge in [0.15, 0.2) is 0 Å². The fourth-order valence-electron chi connectivity index (χ4n) is 2.11. The Morgan fingerprint density at radius 1 is 1.17 bits per heavy atom. The summed E-state index contributed by atoms with van der Waals surface area (Å²) in [5.74, 6) is 0.564. The predicted molar refractivity (Wildman–Crippen MR) is 85.0 cm³/mol. The van der Waals surface area contributed by atoms with Crippen LogP contribution in [0.1, 0.15) is 5.56 Å². The number of amides is 1. The summed E-state index contributed by atoms with van der Waals surface area (Å²) in [6.45, 7) is 0. The van der Waals surface area contributed by atoms with Crippen molar-refractivity contribution in [3.63, 3.8) is 0 Å². The molecule has 120 valence electrons. The number of rotatable bonds is 6. The van der Waals surface area contributed by atoms with E-state index < -0.39 is 4.92 Å². The number of ether oxygens (including phenoxy) is 2. The molecular formula is C16H16N2O5. The summed E-state index contributed by atoms with van der Waals surface area (Å²) in [6.07, 6.45) is 0.0488. The van der Waals surface area contributed by atoms with E-state index >= 15 is 0 Å². The van der Waals surface area contributed by atoms with E-state index in [-0.39, 0.29) is 23.7 Å². The monoisotopic (exact) mass is 316 g/mol. The van der Waals surface area contributed by atoms with Crippen molar-refractivity contribution in [2.45, 2.75) is 6.42 Å². The zero-order valence-electron chi connectivity index (χ0n) is 12.7. The lowest BCUT2D eigenvalue weighted by Crippen LogP contribution is -2.16. The molecule has 0 saturated heterocycles. The summed E-state index contributed by atoms with van der Waals surface area (Å²) in [5.41, 5.74) is 0.595. The lowest BCUT2D eigenvalue weighted by molar-refractivity contribution is -0.384. The molecule has 0 unspecified atom stereocenters. The maximum absolute atomic E-state index is 12.2. The van der Waals surface area contributed by atoms with E-state index in [1.807, 2.05) is 0 Å². The number of para-hydroxylation sites is 1. The van der Waals surface area contributed by atoms with Crippen molar-refractivity contribution < 1.29 is 19.2 Å². The third kappa shape index (κ3) is 3.97. The number of hydrogen-bond acceptors (Lipinski definition) is 5. The van der Waals surface area contributed by atoms with Gasteiger partial charge in [-0.2, -0.15) is 0 Å². The van der Waals surface area contributed by atoms with Crippen molar-refractivity contribution in [2.24, 2.45) is 0 Å². The highest BCUT2D eigenvalue weighted by Crippen LogP contribution is 2.29. The maximum atomic E-state index is 12.2. The number of nitro groups is 1. The van der Waals surface area contributed by atoms with Gasteiger partial charge in [-0.15, -0.1) is 0 Å². The third-order valence-electron chi connectivity index (χ3n) is 3.22. The molecule has 0 bridgehead atoms. The summed E-state index contributed by atoms with van der Waals surface area (Å²) in [4.78, 5) is 22.7. The maximum Gasteiger partial charge on any atom is 0.296 e. The molecule has 1 N–H and O–H groups in total. The quantitative estimate of drug-likeness (QED) is 0.653. The van der Waals surface area contributed by atoms with Gasteiger partial charge in [0, 0.05) is 5.56 Å². The fourth-order valence-corrected chi connectivity index (χ4v) is 2.11. The molecule has 2 aromatic carbocycles. The first-order valence-corrected chi connectivity index (χ1v) is 6.79. The minimum absolute atomic E-state index is 0.0488. The third-order valence-corrected chi connectivity index (χ3v) is 3.22. The Morgan fingerprint density at radius 3 is 2.57 bits per heavy atom. The number of methoxy groups -OCH3 is 2. The first kappa shape index (κ1) is 16.3. The Labute approximate surface area is 133 Å². The van der Waals surface area contributed by atoms with E-state index in [2.05, 4.69) is 5.32 Å². The molecule has 0 heterocycles. The highest BCUT2D eigenvalue weighted by molar-refractivity contribution is 5.94. The zero-order chi connectivity index (χ0) is 16.8. The summed E-state index contributed by atoms with van der Waals surface area (Å²) < 4.78 is 10.1. The molecule has 0 radical (unpaired) electrons. The standard InChI is InChI=1S/C16H16N2O5/c1-22-12-7-8-13(14(10-12)18(20)21)17-16(19)9-11-5-3-4-6-15(11)23-2/h3-8,10H,9H2,1-2H3,(H,17,19). The largest absolute Gasteiger partial charge is 0.496 e. The Balaban J connectivity index is 2.18. The van der Waals surface area contributed by atoms with Crippen molar-refractivity contribution in [3.8, 4) is 11.5 Å². The van der Waals surface area contributed by atoms with Gasteiger partial charge in [-0.3, -0.25) is 14.9 Å². The van der Waals surface area contributed by atoms with Gasteiger partial charge in [0.05, 0.1) is 31.6 Å². The summed E-state index contributed by atoms with van der Waals surface area (Å²) in [5, 5.41) is 13.7. The minimum atomic E-state index is -0.568. The average Bonchev–Trinajstić information content (AvgIpc) is 2.55. The van der Waals surface area contributed by atoms with Crippen LogP contribution in [0.15, 0.2) is 42.5 Å². The molecule has 0 aliphatic heterocycles. The van der Waals surface area contributed by atoms with E-state index in [4.69, 9.17) is 9.47 Å². The van der Waals surface area contributed by atoms with E-state index in [0.29, 0.717) is 17.1 Å². The molecule has 2 aromatic rings. The van der Waals surface area contributed by atoms with Crippen molar-refractivity contribution in [2.75, 3.05) is 19.5 Å². The van der Waals surface area contributed by atoms with Crippen molar-refractivity contribution in [3.05, 3.63) is 58.1 Å². The second-order valence-corrected chi connectivity index (χ2v) is 4.68. The predicted octanol–water partition coefficient (Wildman–Crippen LogP) is 2.79. The number of nitrogens with one attached hydrogen (secondary N) is 1. The molecule has 7 nitrogen and oxygen atoms in total. The number of anilines is 1. The zero-order valence-corrected chi connectivity index (χ0v) is 12.7. The van der Waals surface area contributed by atoms with Crippen LogP contribution in [0.5, 0.6) is 11.5 Å². The highest BCUT2D eigenvalue weighted by atomic mass is 16.6. The SMILES string of the molecule is COc1ccc(NC(=O)Cc2ccccc2OC)c([N+](=O)[O-])c1. The number of benzene rings is 2. The molecule has 0 aliphatic rings. The fraction of sp³-hybridized carbons (Fsp3) is 0.188. The summed E-state index contributed by atoms with van der Waals surface area (Å²) in [7, 11) is 2.93. The van der Waals surface area contributed by atoms with Gasteiger partial charge in [-0.05, 0) is 18.2 Å². The molecule has 0 aromatic heterocycles. The molecule has 2 rings (SSSR count). The van der Waals surface area contributed by atoms with E-state index in [1.165, 1.54) is 26.4 Å². The topological polar surface area (TPSA) is 90.7 Å². The second-order valence-electron chi connectivity index (χ2n) is 4.68. The number of hydrogen-bond donors (Lipinski definition) is 1. The smallest absolute Gasteiger partial charge is 0.296 e. The molecule has 1 amide bonds. The molecule has 0 spiro atoms. The van der Waals surface area contributed by atoms with Gasteiger partial charge in [-0.1, -0.05) is 18.2 Å². The lowest BCUT2D eigenvalue weighted by atomic mass is 10.1. The second kappa shape index (κ2) is 7.26. The number of nitro benzene ring substituents is 1. The van der Waals surface area contributed by atoms with Crippen molar-refractivity contribution >= 4 is 17.3 Å². The number of carbonyl (C=O) groups is 1. The van der Waals surface area contributed by atoms with Crippen LogP contribution >= 0.6 is 0 Å². The van der Waals surface area contributed by atoms with Crippen LogP contribution in [0.3, 0.4) is 0 Å². The van der Waals surface area contributed by atoms with Crippen LogP contribution in [-0.4, -0.2) is 25.1 Å². The minimum Gasteiger partial charge on any atom is -0.496 e. The van der Waals surface area contributed by atoms with Gasteiger partial charge in [0.1, 0.15) is 17.2 Å². The average molecular weight is 316 g/mol. The van der Waals surface area contributed by atoms with Crippen molar-refractivity contribution in [1.29, 1.82) is 0 Å². The van der Waals surface area contributed by atoms with Crippen LogP contribution < -0.4 is 14.8 Å². The highest BCUT2D eigenvalue weighted by Gasteiger charge is 2.18. The van der Waals surface area contributed by atoms with Gasteiger partial charge in [-0.25, -0.2) is 0 Å². The Hall–Kier alpha value is -3.09. The molecule has 0 fully saturated rings. The first-order valence-electron chi connectivity index (χ1n) is 6.79. The van der Waals surface area contributed by atoms with Gasteiger partial charge >= 0.3 is 0 Å². The summed E-state index contributed by atoms with van der Waals surface area (Å²) in [6, 6.07) is 11.4. The Morgan fingerprint density at radius 2 is 1.91 bits per heavy atom. The van der Waals surface area contributed by atoms with Crippen LogP contribution in [0.2, 0.25) is 0 Å². The normalized spacial score (nSPS) is 10.0. The Bertz CT molecular complexity index is 730. The van der Waals surface area contributed by atoms with Crippen LogP contribution in [-0.2, 0) is 11.2 Å². The van der Waals surface area contributed by atoms with Gasteiger partial charge in [0.25, 0.3) is 5.69 Å². The Kier molecular flexibility index (Phi) is 5.14. The van der Waals surface area contributed by atoms with E-state index in [1.54, 1.807) is 30.3 Å². The number of carbonyl (C=O) groups excluding carboxylic acids is 1. The molecule has 7 heteroatoms. The first-order chi connectivity index (χ1) is 11.0. The van der Waals surface area contributed by atoms with Gasteiger partial charge < -0.3 is 14.8 Å². The molecule has 0 atom stereocenters. The van der Waals surface area contributed by atoms with Crippen LogP contribution in [0.25, 0.3) is 0 Å². The molecular weight excluding hydrogens is 300 g/mol. The molecule has 0 aliphatic carbocycles. The van der Waals surface area contributed by atoms with Gasteiger partial charge in [0.2, 0.25) is 5.91 Å². The van der Waals surface area contributed by atoms with E-state index in [0.717, 1.165) is 0 Å². The molecule has 0 saturated carbocycles. The lowest BCUT2D eigenvalue weighted by Gasteiger charge is -2.10.